The minimum atomic E-state index is -0.712. The lowest BCUT2D eigenvalue weighted by Gasteiger charge is -2.38. The predicted molar refractivity (Wildman–Crippen MR) is 108 cm³/mol. The van der Waals surface area contributed by atoms with Crippen LogP contribution in [0.4, 0.5) is 0 Å². The van der Waals surface area contributed by atoms with Gasteiger partial charge in [0, 0.05) is 40.9 Å². The molecule has 0 bridgehead atoms. The van der Waals surface area contributed by atoms with Crippen LogP contribution in [0.5, 0.6) is 5.75 Å². The molecule has 1 aliphatic heterocycles. The van der Waals surface area contributed by atoms with Crippen molar-refractivity contribution in [3.63, 3.8) is 0 Å². The number of hydrogen-bond acceptors (Lipinski definition) is 4. The van der Waals surface area contributed by atoms with Crippen molar-refractivity contribution in [2.75, 3.05) is 19.7 Å². The molecule has 1 fully saturated rings. The Morgan fingerprint density at radius 1 is 1.41 bits per heavy atom. The number of hydrogen-bond donors (Lipinski definition) is 1. The molecule has 2 heterocycles. The standard InChI is InChI=1S/C21H25BrN2O3/c1-2-27-20-9-8-16(22)12-18(20)19(13-17-7-3-4-10-23-17)24-11-5-6-15(14-24)21(25)26/h3-4,7-10,12,15,19H,2,5-6,11,13-14H2,1H3,(H,25,26). The molecule has 2 unspecified atom stereocenters. The minimum Gasteiger partial charge on any atom is -0.494 e. The van der Waals surface area contributed by atoms with Gasteiger partial charge < -0.3 is 9.84 Å². The van der Waals surface area contributed by atoms with E-state index in [1.165, 1.54) is 0 Å². The zero-order valence-electron chi connectivity index (χ0n) is 15.5. The van der Waals surface area contributed by atoms with Gasteiger partial charge in [-0.1, -0.05) is 22.0 Å². The molecule has 3 rings (SSSR count). The number of likely N-dealkylation sites (tertiary alicyclic amines) is 1. The number of carboxylic acids is 1. The highest BCUT2D eigenvalue weighted by molar-refractivity contribution is 9.10. The first-order valence-corrected chi connectivity index (χ1v) is 10.2. The van der Waals surface area contributed by atoms with Gasteiger partial charge in [0.15, 0.2) is 0 Å². The highest BCUT2D eigenvalue weighted by Crippen LogP contribution is 2.36. The number of carbonyl (C=O) groups is 1. The van der Waals surface area contributed by atoms with Crippen LogP contribution in [0.2, 0.25) is 0 Å². The zero-order valence-corrected chi connectivity index (χ0v) is 17.1. The molecule has 144 valence electrons. The Hall–Kier alpha value is -1.92. The van der Waals surface area contributed by atoms with Gasteiger partial charge in [0.05, 0.1) is 12.5 Å². The number of piperidine rings is 1. The Bertz CT molecular complexity index is 769. The van der Waals surface area contributed by atoms with E-state index in [0.29, 0.717) is 19.6 Å². The van der Waals surface area contributed by atoms with E-state index in [4.69, 9.17) is 4.74 Å². The average Bonchev–Trinajstić information content (AvgIpc) is 2.68. The van der Waals surface area contributed by atoms with E-state index in [1.807, 2.05) is 37.3 Å². The second-order valence-corrected chi connectivity index (χ2v) is 7.74. The largest absolute Gasteiger partial charge is 0.494 e. The fourth-order valence-electron chi connectivity index (χ4n) is 3.71. The SMILES string of the molecule is CCOc1ccc(Br)cc1C(Cc1ccccn1)N1CCCC(C(=O)O)C1. The first-order valence-electron chi connectivity index (χ1n) is 9.37. The van der Waals surface area contributed by atoms with E-state index in [1.54, 1.807) is 6.20 Å². The molecule has 0 saturated carbocycles. The highest BCUT2D eigenvalue weighted by Gasteiger charge is 2.32. The van der Waals surface area contributed by atoms with Crippen molar-refractivity contribution < 1.29 is 14.6 Å². The van der Waals surface area contributed by atoms with Crippen LogP contribution in [-0.2, 0) is 11.2 Å². The van der Waals surface area contributed by atoms with Crippen LogP contribution in [0, 0.1) is 5.92 Å². The first kappa shape index (κ1) is 19.8. The van der Waals surface area contributed by atoms with Gasteiger partial charge in [-0.05, 0) is 56.6 Å². The number of halogens is 1. The molecule has 0 radical (unpaired) electrons. The van der Waals surface area contributed by atoms with Crippen molar-refractivity contribution in [3.05, 3.63) is 58.3 Å². The second kappa shape index (κ2) is 9.33. The molecule has 1 saturated heterocycles. The van der Waals surface area contributed by atoms with E-state index in [0.717, 1.165) is 40.9 Å². The fourth-order valence-corrected chi connectivity index (χ4v) is 4.09. The quantitative estimate of drug-likeness (QED) is 0.705. The minimum absolute atomic E-state index is 0.0149. The molecule has 0 amide bonds. The summed E-state index contributed by atoms with van der Waals surface area (Å²) in [6.45, 7) is 3.98. The molecular weight excluding hydrogens is 408 g/mol. The second-order valence-electron chi connectivity index (χ2n) is 6.83. The van der Waals surface area contributed by atoms with Crippen LogP contribution in [0.15, 0.2) is 47.1 Å². The van der Waals surface area contributed by atoms with Gasteiger partial charge in [-0.25, -0.2) is 0 Å². The molecule has 1 aromatic carbocycles. The topological polar surface area (TPSA) is 62.7 Å². The van der Waals surface area contributed by atoms with Gasteiger partial charge in [-0.3, -0.25) is 14.7 Å². The Labute approximate surface area is 168 Å². The molecule has 1 aliphatic rings. The zero-order chi connectivity index (χ0) is 19.2. The smallest absolute Gasteiger partial charge is 0.307 e. The van der Waals surface area contributed by atoms with Gasteiger partial charge in [-0.2, -0.15) is 0 Å². The molecular formula is C21H25BrN2O3. The van der Waals surface area contributed by atoms with Crippen molar-refractivity contribution in [2.24, 2.45) is 5.92 Å². The van der Waals surface area contributed by atoms with Crippen LogP contribution < -0.4 is 4.74 Å². The van der Waals surface area contributed by atoms with E-state index >= 15 is 0 Å². The molecule has 2 atom stereocenters. The molecule has 2 aromatic rings. The third-order valence-corrected chi connectivity index (χ3v) is 5.50. The Kier molecular flexibility index (Phi) is 6.85. The van der Waals surface area contributed by atoms with Crippen molar-refractivity contribution in [1.29, 1.82) is 0 Å². The fraction of sp³-hybridized carbons (Fsp3) is 0.429. The summed E-state index contributed by atoms with van der Waals surface area (Å²) < 4.78 is 6.88. The lowest BCUT2D eigenvalue weighted by Crippen LogP contribution is -2.41. The Morgan fingerprint density at radius 3 is 2.96 bits per heavy atom. The van der Waals surface area contributed by atoms with Crippen LogP contribution in [0.25, 0.3) is 0 Å². The van der Waals surface area contributed by atoms with Gasteiger partial charge in [0.25, 0.3) is 0 Å². The van der Waals surface area contributed by atoms with E-state index in [2.05, 4.69) is 31.9 Å². The molecule has 27 heavy (non-hydrogen) atoms. The first-order chi connectivity index (χ1) is 13.1. The van der Waals surface area contributed by atoms with Gasteiger partial charge in [0.2, 0.25) is 0 Å². The van der Waals surface area contributed by atoms with Crippen molar-refractivity contribution in [1.82, 2.24) is 9.88 Å². The number of aromatic nitrogens is 1. The number of aliphatic carboxylic acids is 1. The van der Waals surface area contributed by atoms with E-state index in [-0.39, 0.29) is 12.0 Å². The molecule has 6 heteroatoms. The molecule has 1 aromatic heterocycles. The normalized spacial score (nSPS) is 18.8. The monoisotopic (exact) mass is 432 g/mol. The number of rotatable bonds is 7. The van der Waals surface area contributed by atoms with Gasteiger partial charge in [0.1, 0.15) is 5.75 Å². The molecule has 0 spiro atoms. The Morgan fingerprint density at radius 2 is 2.26 bits per heavy atom. The molecule has 5 nitrogen and oxygen atoms in total. The van der Waals surface area contributed by atoms with Crippen molar-refractivity contribution in [3.8, 4) is 5.75 Å². The highest BCUT2D eigenvalue weighted by atomic mass is 79.9. The summed E-state index contributed by atoms with van der Waals surface area (Å²) in [5, 5.41) is 9.51. The number of nitrogens with zero attached hydrogens (tertiary/aromatic N) is 2. The lowest BCUT2D eigenvalue weighted by atomic mass is 9.92. The maximum Gasteiger partial charge on any atom is 0.307 e. The summed E-state index contributed by atoms with van der Waals surface area (Å²) in [5.74, 6) is -0.192. The van der Waals surface area contributed by atoms with Crippen LogP contribution >= 0.6 is 15.9 Å². The van der Waals surface area contributed by atoms with Crippen LogP contribution in [-0.4, -0.2) is 40.7 Å². The summed E-state index contributed by atoms with van der Waals surface area (Å²) in [5.41, 5.74) is 2.06. The Balaban J connectivity index is 1.97. The maximum absolute atomic E-state index is 11.6. The summed E-state index contributed by atoms with van der Waals surface area (Å²) in [6.07, 6.45) is 4.13. The third kappa shape index (κ3) is 5.08. The van der Waals surface area contributed by atoms with Gasteiger partial charge >= 0.3 is 5.97 Å². The number of benzene rings is 1. The van der Waals surface area contributed by atoms with E-state index < -0.39 is 5.97 Å². The van der Waals surface area contributed by atoms with E-state index in [9.17, 15) is 9.90 Å². The number of pyridine rings is 1. The van der Waals surface area contributed by atoms with Crippen LogP contribution in [0.3, 0.4) is 0 Å². The van der Waals surface area contributed by atoms with Gasteiger partial charge in [-0.15, -0.1) is 0 Å². The third-order valence-electron chi connectivity index (χ3n) is 5.00. The summed E-state index contributed by atoms with van der Waals surface area (Å²) >= 11 is 3.58. The summed E-state index contributed by atoms with van der Waals surface area (Å²) in [6, 6.07) is 12.0. The predicted octanol–water partition coefficient (Wildman–Crippen LogP) is 4.32. The molecule has 1 N–H and O–H groups in total. The maximum atomic E-state index is 11.6. The average molecular weight is 433 g/mol. The summed E-state index contributed by atoms with van der Waals surface area (Å²) in [7, 11) is 0. The number of carboxylic acid groups (broad SMARTS) is 1. The van der Waals surface area contributed by atoms with Crippen molar-refractivity contribution in [2.45, 2.75) is 32.2 Å². The summed E-state index contributed by atoms with van der Waals surface area (Å²) in [4.78, 5) is 18.3. The number of ether oxygens (including phenoxy) is 1. The van der Waals surface area contributed by atoms with Crippen molar-refractivity contribution >= 4 is 21.9 Å². The lowest BCUT2D eigenvalue weighted by molar-refractivity contribution is -0.144. The molecule has 0 aliphatic carbocycles. The van der Waals surface area contributed by atoms with Crippen LogP contribution in [0.1, 0.15) is 37.1 Å².